The SMILES string of the molecule is C1COCCN1.CCS(=O)(=O)O.[Na+].[OH-]. The Hall–Kier alpha value is 0.790. The molecule has 14 heavy (non-hydrogen) atoms. The summed E-state index contributed by atoms with van der Waals surface area (Å²) in [5.41, 5.74) is 0. The van der Waals surface area contributed by atoms with Gasteiger partial charge in [0.15, 0.2) is 0 Å². The van der Waals surface area contributed by atoms with Gasteiger partial charge in [-0.2, -0.15) is 8.42 Å². The molecule has 0 amide bonds. The molecule has 6 nitrogen and oxygen atoms in total. The molecular weight excluding hydrogens is 221 g/mol. The molecule has 0 aliphatic carbocycles. The van der Waals surface area contributed by atoms with Crippen LogP contribution in [0.15, 0.2) is 0 Å². The molecule has 0 bridgehead atoms. The maximum absolute atomic E-state index is 9.56. The molecule has 0 radical (unpaired) electrons. The van der Waals surface area contributed by atoms with Crippen molar-refractivity contribution in [3.63, 3.8) is 0 Å². The topological polar surface area (TPSA) is 106 Å². The quantitative estimate of drug-likeness (QED) is 0.359. The summed E-state index contributed by atoms with van der Waals surface area (Å²) in [5, 5.41) is 3.16. The maximum Gasteiger partial charge on any atom is 1.00 e. The second-order valence-electron chi connectivity index (χ2n) is 2.23. The number of rotatable bonds is 1. The fraction of sp³-hybridized carbons (Fsp3) is 1.00. The Morgan fingerprint density at radius 3 is 1.79 bits per heavy atom. The van der Waals surface area contributed by atoms with E-state index in [0.29, 0.717) is 0 Å². The third-order valence-corrected chi connectivity index (χ3v) is 1.94. The van der Waals surface area contributed by atoms with Crippen molar-refractivity contribution in [2.75, 3.05) is 32.1 Å². The van der Waals surface area contributed by atoms with Crippen LogP contribution in [0.3, 0.4) is 0 Å². The van der Waals surface area contributed by atoms with Crippen LogP contribution >= 0.6 is 0 Å². The van der Waals surface area contributed by atoms with Gasteiger partial charge in [-0.15, -0.1) is 0 Å². The van der Waals surface area contributed by atoms with Crippen LogP contribution in [0.5, 0.6) is 0 Å². The van der Waals surface area contributed by atoms with Crippen LogP contribution < -0.4 is 34.9 Å². The van der Waals surface area contributed by atoms with E-state index in [1.165, 1.54) is 6.92 Å². The molecule has 82 valence electrons. The van der Waals surface area contributed by atoms with Gasteiger partial charge in [-0.1, -0.05) is 0 Å². The van der Waals surface area contributed by atoms with Crippen molar-refractivity contribution in [2.24, 2.45) is 0 Å². The molecule has 1 aliphatic heterocycles. The molecule has 1 heterocycles. The van der Waals surface area contributed by atoms with E-state index in [-0.39, 0.29) is 40.8 Å². The third kappa shape index (κ3) is 18.5. The normalized spacial score (nSPS) is 15.3. The molecule has 1 aliphatic rings. The molecule has 0 unspecified atom stereocenters. The van der Waals surface area contributed by atoms with Crippen molar-refractivity contribution >= 4 is 10.1 Å². The van der Waals surface area contributed by atoms with Gasteiger partial charge in [-0.05, 0) is 6.92 Å². The molecule has 0 saturated carbocycles. The largest absolute Gasteiger partial charge is 1.00 e. The van der Waals surface area contributed by atoms with Gasteiger partial charge in [0.05, 0.1) is 19.0 Å². The van der Waals surface area contributed by atoms with Crippen LogP contribution in [0.2, 0.25) is 0 Å². The van der Waals surface area contributed by atoms with E-state index in [4.69, 9.17) is 9.29 Å². The molecule has 8 heteroatoms. The molecule has 0 aromatic carbocycles. The predicted octanol–water partition coefficient (Wildman–Crippen LogP) is -3.67. The van der Waals surface area contributed by atoms with E-state index in [0.717, 1.165) is 26.3 Å². The van der Waals surface area contributed by atoms with Gasteiger partial charge in [-0.3, -0.25) is 4.55 Å². The van der Waals surface area contributed by atoms with Gasteiger partial charge in [-0.25, -0.2) is 0 Å². The Bertz CT molecular complexity index is 181. The first-order valence-electron chi connectivity index (χ1n) is 3.80. The monoisotopic (exact) mass is 237 g/mol. The van der Waals surface area contributed by atoms with Crippen molar-refractivity contribution in [3.05, 3.63) is 0 Å². The van der Waals surface area contributed by atoms with E-state index in [1.54, 1.807) is 0 Å². The second-order valence-corrected chi connectivity index (χ2v) is 3.97. The Balaban J connectivity index is -0.000000151. The zero-order valence-corrected chi connectivity index (χ0v) is 11.4. The Morgan fingerprint density at radius 1 is 1.36 bits per heavy atom. The van der Waals surface area contributed by atoms with Gasteiger partial charge in [0, 0.05) is 13.1 Å². The van der Waals surface area contributed by atoms with Crippen LogP contribution in [0.4, 0.5) is 0 Å². The number of morpholine rings is 1. The summed E-state index contributed by atoms with van der Waals surface area (Å²) < 4.78 is 31.9. The third-order valence-electron chi connectivity index (χ3n) is 1.21. The molecule has 0 spiro atoms. The summed E-state index contributed by atoms with van der Waals surface area (Å²) in [6.45, 7) is 5.20. The van der Waals surface area contributed by atoms with Crippen molar-refractivity contribution < 1.29 is 52.7 Å². The van der Waals surface area contributed by atoms with Crippen molar-refractivity contribution in [1.82, 2.24) is 5.32 Å². The minimum Gasteiger partial charge on any atom is -0.870 e. The van der Waals surface area contributed by atoms with Crippen LogP contribution in [0.1, 0.15) is 6.92 Å². The molecule has 1 rings (SSSR count). The molecule has 0 aromatic heterocycles. The number of nitrogens with one attached hydrogen (secondary N) is 1. The Morgan fingerprint density at radius 2 is 1.71 bits per heavy atom. The summed E-state index contributed by atoms with van der Waals surface area (Å²) in [6.07, 6.45) is 0. The van der Waals surface area contributed by atoms with Crippen molar-refractivity contribution in [1.29, 1.82) is 0 Å². The van der Waals surface area contributed by atoms with Gasteiger partial charge in [0.25, 0.3) is 10.1 Å². The van der Waals surface area contributed by atoms with Gasteiger partial charge >= 0.3 is 29.6 Å². The molecule has 3 N–H and O–H groups in total. The van der Waals surface area contributed by atoms with Gasteiger partial charge < -0.3 is 15.5 Å². The second kappa shape index (κ2) is 11.9. The fourth-order valence-corrected chi connectivity index (χ4v) is 0.516. The summed E-state index contributed by atoms with van der Waals surface area (Å²) in [7, 11) is -3.66. The van der Waals surface area contributed by atoms with Crippen LogP contribution in [0.25, 0.3) is 0 Å². The smallest absolute Gasteiger partial charge is 0.870 e. The zero-order valence-electron chi connectivity index (χ0n) is 8.56. The van der Waals surface area contributed by atoms with Crippen molar-refractivity contribution in [3.8, 4) is 0 Å². The summed E-state index contributed by atoms with van der Waals surface area (Å²) >= 11 is 0. The average Bonchev–Trinajstić information content (AvgIpc) is 2.07. The molecular formula is C6H16NNaO5S. The molecule has 1 fully saturated rings. The minimum absolute atomic E-state index is 0. The first kappa shape index (κ1) is 20.2. The van der Waals surface area contributed by atoms with E-state index >= 15 is 0 Å². The standard InChI is InChI=1S/C4H9NO.C2H6O3S.Na.H2O/c1-3-6-4-2-5-1;1-2-6(3,4)5;;/h5H,1-4H2;2H2,1H3,(H,3,4,5);;1H2/q;;+1;/p-1. The summed E-state index contributed by atoms with van der Waals surface area (Å²) in [6, 6.07) is 0. The van der Waals surface area contributed by atoms with E-state index in [2.05, 4.69) is 5.32 Å². The molecule has 0 atom stereocenters. The summed E-state index contributed by atoms with van der Waals surface area (Å²) in [4.78, 5) is 0. The Labute approximate surface area is 107 Å². The Kier molecular flexibility index (Phi) is 17.1. The van der Waals surface area contributed by atoms with Crippen LogP contribution in [-0.2, 0) is 14.9 Å². The maximum atomic E-state index is 9.56. The fourth-order valence-electron chi connectivity index (χ4n) is 0.516. The number of hydrogen-bond donors (Lipinski definition) is 2. The van der Waals surface area contributed by atoms with Crippen LogP contribution in [0, 0.1) is 0 Å². The van der Waals surface area contributed by atoms with Crippen LogP contribution in [-0.4, -0.2) is 50.5 Å². The first-order chi connectivity index (χ1) is 5.56. The van der Waals surface area contributed by atoms with E-state index in [1.807, 2.05) is 0 Å². The molecule has 1 saturated heterocycles. The molecule has 0 aromatic rings. The van der Waals surface area contributed by atoms with E-state index < -0.39 is 10.1 Å². The summed E-state index contributed by atoms with van der Waals surface area (Å²) in [5.74, 6) is -0.201. The van der Waals surface area contributed by atoms with Gasteiger partial charge in [0.2, 0.25) is 0 Å². The zero-order chi connectivity index (χ0) is 9.45. The van der Waals surface area contributed by atoms with Crippen molar-refractivity contribution in [2.45, 2.75) is 6.92 Å². The average molecular weight is 237 g/mol. The number of hydrogen-bond acceptors (Lipinski definition) is 5. The number of ether oxygens (including phenoxy) is 1. The van der Waals surface area contributed by atoms with Gasteiger partial charge in [0.1, 0.15) is 0 Å². The minimum atomic E-state index is -3.66. The predicted molar refractivity (Wildman–Crippen MR) is 47.7 cm³/mol. The first-order valence-corrected chi connectivity index (χ1v) is 5.41. The van der Waals surface area contributed by atoms with E-state index in [9.17, 15) is 8.42 Å².